The van der Waals surface area contributed by atoms with Crippen LogP contribution in [0.2, 0.25) is 0 Å². The van der Waals surface area contributed by atoms with Crippen LogP contribution in [-0.2, 0) is 20.0 Å². The first-order valence-corrected chi connectivity index (χ1v) is 12.2. The zero-order valence-corrected chi connectivity index (χ0v) is 19.8. The van der Waals surface area contributed by atoms with Crippen LogP contribution in [-0.4, -0.2) is 32.1 Å². The summed E-state index contributed by atoms with van der Waals surface area (Å²) in [6.45, 7) is 1.84. The molecule has 0 saturated heterocycles. The minimum absolute atomic E-state index is 0.158. The Morgan fingerprint density at radius 1 is 1.21 bits per heavy atom. The molecule has 0 radical (unpaired) electrons. The van der Waals surface area contributed by atoms with Crippen molar-refractivity contribution in [1.82, 2.24) is 14.8 Å². The lowest BCUT2D eigenvalue weighted by Gasteiger charge is -2.29. The van der Waals surface area contributed by atoms with E-state index < -0.39 is 10.8 Å². The van der Waals surface area contributed by atoms with Crippen molar-refractivity contribution in [3.63, 3.8) is 0 Å². The van der Waals surface area contributed by atoms with Crippen molar-refractivity contribution in [1.29, 1.82) is 0 Å². The van der Waals surface area contributed by atoms with Gasteiger partial charge in [0.15, 0.2) is 5.16 Å². The number of amides is 1. The zero-order chi connectivity index (χ0) is 23.7. The summed E-state index contributed by atoms with van der Waals surface area (Å²) in [6.07, 6.45) is 2.56. The number of aromatic nitrogens is 3. The first-order valence-electron chi connectivity index (χ1n) is 10.5. The van der Waals surface area contributed by atoms with Gasteiger partial charge >= 0.3 is 0 Å². The molecule has 0 spiro atoms. The molecule has 0 unspecified atom stereocenters. The number of nitrogens with one attached hydrogen (secondary N) is 1. The minimum Gasteiger partial charge on any atom is -0.367 e. The molecule has 172 valence electrons. The summed E-state index contributed by atoms with van der Waals surface area (Å²) in [5.41, 5.74) is 3.14. The highest BCUT2D eigenvalue weighted by Crippen LogP contribution is 2.34. The SMILES string of the molecule is Cn1cnnc1Sc1ccc(C(=O)Nc2ccc(N3CCc4sccc4C3)cc2)cc1[N+](=O)[O-]. The lowest BCUT2D eigenvalue weighted by Crippen LogP contribution is -2.29. The third kappa shape index (κ3) is 4.52. The van der Waals surface area contributed by atoms with Crippen molar-refractivity contribution in [2.24, 2.45) is 7.05 Å². The first kappa shape index (κ1) is 22.1. The predicted molar refractivity (Wildman–Crippen MR) is 132 cm³/mol. The van der Waals surface area contributed by atoms with Gasteiger partial charge in [-0.15, -0.1) is 21.5 Å². The van der Waals surface area contributed by atoms with Crippen LogP contribution in [0.15, 0.2) is 70.3 Å². The maximum absolute atomic E-state index is 12.8. The molecule has 0 bridgehead atoms. The molecule has 0 atom stereocenters. The topological polar surface area (TPSA) is 106 Å². The molecule has 2 aromatic carbocycles. The Hall–Kier alpha value is -3.70. The van der Waals surface area contributed by atoms with Crippen molar-refractivity contribution >= 4 is 46.1 Å². The Labute approximate surface area is 203 Å². The van der Waals surface area contributed by atoms with Gasteiger partial charge in [0.2, 0.25) is 0 Å². The number of carbonyl (C=O) groups is 1. The van der Waals surface area contributed by atoms with Gasteiger partial charge in [-0.1, -0.05) is 0 Å². The number of rotatable bonds is 6. The summed E-state index contributed by atoms with van der Waals surface area (Å²) < 4.78 is 1.67. The van der Waals surface area contributed by atoms with Gasteiger partial charge in [0.05, 0.1) is 9.82 Å². The summed E-state index contributed by atoms with van der Waals surface area (Å²) in [5, 5.41) is 24.8. The number of carbonyl (C=O) groups excluding carboxylic acids is 1. The van der Waals surface area contributed by atoms with E-state index in [-0.39, 0.29) is 11.3 Å². The van der Waals surface area contributed by atoms with E-state index in [1.807, 2.05) is 35.6 Å². The fourth-order valence-corrected chi connectivity index (χ4v) is 5.52. The van der Waals surface area contributed by atoms with Crippen molar-refractivity contribution in [2.75, 3.05) is 16.8 Å². The fraction of sp³-hybridized carbons (Fsp3) is 0.174. The van der Waals surface area contributed by atoms with Gasteiger partial charge in [0.1, 0.15) is 6.33 Å². The van der Waals surface area contributed by atoms with Gasteiger partial charge < -0.3 is 14.8 Å². The van der Waals surface area contributed by atoms with Crippen LogP contribution in [0.1, 0.15) is 20.8 Å². The van der Waals surface area contributed by atoms with E-state index in [2.05, 4.69) is 31.9 Å². The van der Waals surface area contributed by atoms with E-state index in [4.69, 9.17) is 0 Å². The number of benzene rings is 2. The van der Waals surface area contributed by atoms with E-state index in [0.717, 1.165) is 37.0 Å². The highest BCUT2D eigenvalue weighted by atomic mass is 32.2. The number of hydrogen-bond acceptors (Lipinski definition) is 8. The predicted octanol–water partition coefficient (Wildman–Crippen LogP) is 4.75. The largest absolute Gasteiger partial charge is 0.367 e. The standard InChI is InChI=1S/C23H20N6O3S2/c1-27-14-24-26-23(27)34-21-7-2-15(12-19(21)29(31)32)22(30)25-17-3-5-18(6-4-17)28-10-8-20-16(13-28)9-11-33-20/h2-7,9,11-12,14H,8,10,13H2,1H3,(H,25,30). The smallest absolute Gasteiger partial charge is 0.284 e. The second kappa shape index (κ2) is 9.27. The number of thiophene rings is 1. The Bertz CT molecular complexity index is 1370. The van der Waals surface area contributed by atoms with Crippen molar-refractivity contribution in [3.8, 4) is 0 Å². The van der Waals surface area contributed by atoms with E-state index in [0.29, 0.717) is 15.7 Å². The molecule has 1 aliphatic rings. The maximum Gasteiger partial charge on any atom is 0.284 e. The van der Waals surface area contributed by atoms with Crippen molar-refractivity contribution < 1.29 is 9.72 Å². The molecule has 2 aromatic heterocycles. The van der Waals surface area contributed by atoms with Crippen molar-refractivity contribution in [2.45, 2.75) is 23.0 Å². The number of anilines is 2. The zero-order valence-electron chi connectivity index (χ0n) is 18.2. The van der Waals surface area contributed by atoms with Gasteiger partial charge in [0.25, 0.3) is 11.6 Å². The Morgan fingerprint density at radius 3 is 2.76 bits per heavy atom. The van der Waals surface area contributed by atoms with Crippen LogP contribution < -0.4 is 10.2 Å². The monoisotopic (exact) mass is 492 g/mol. The summed E-state index contributed by atoms with van der Waals surface area (Å²) in [7, 11) is 1.76. The summed E-state index contributed by atoms with van der Waals surface area (Å²) in [5.74, 6) is -0.410. The number of nitrogens with zero attached hydrogens (tertiary/aromatic N) is 5. The minimum atomic E-state index is -0.498. The fourth-order valence-electron chi connectivity index (χ4n) is 3.78. The molecule has 34 heavy (non-hydrogen) atoms. The van der Waals surface area contributed by atoms with Crippen LogP contribution in [0.5, 0.6) is 0 Å². The van der Waals surface area contributed by atoms with Gasteiger partial charge in [-0.25, -0.2) is 0 Å². The third-order valence-corrected chi connectivity index (χ3v) is 7.73. The molecular weight excluding hydrogens is 472 g/mol. The molecule has 5 rings (SSSR count). The lowest BCUT2D eigenvalue weighted by atomic mass is 10.1. The van der Waals surface area contributed by atoms with Crippen molar-refractivity contribution in [3.05, 3.63) is 86.4 Å². The molecule has 1 amide bonds. The van der Waals surface area contributed by atoms with Gasteiger partial charge in [-0.3, -0.25) is 14.9 Å². The summed E-state index contributed by atoms with van der Waals surface area (Å²) >= 11 is 2.93. The van der Waals surface area contributed by atoms with E-state index in [9.17, 15) is 14.9 Å². The van der Waals surface area contributed by atoms with E-state index >= 15 is 0 Å². The van der Waals surface area contributed by atoms with Gasteiger partial charge in [-0.2, -0.15) is 0 Å². The normalized spacial score (nSPS) is 12.9. The number of nitro groups is 1. The number of nitro benzene ring substituents is 1. The molecular formula is C23H20N6O3S2. The number of fused-ring (bicyclic) bond motifs is 1. The summed E-state index contributed by atoms with van der Waals surface area (Å²) in [4.78, 5) is 28.1. The summed E-state index contributed by atoms with van der Waals surface area (Å²) in [6, 6.07) is 14.3. The molecule has 9 nitrogen and oxygen atoms in total. The van der Waals surface area contributed by atoms with Crippen LogP contribution in [0.25, 0.3) is 0 Å². The second-order valence-electron chi connectivity index (χ2n) is 7.81. The highest BCUT2D eigenvalue weighted by Gasteiger charge is 2.21. The Kier molecular flexibility index (Phi) is 6.03. The Morgan fingerprint density at radius 2 is 2.03 bits per heavy atom. The molecule has 1 aliphatic heterocycles. The first-order chi connectivity index (χ1) is 16.5. The average Bonchev–Trinajstić information content (AvgIpc) is 3.48. The second-order valence-corrected chi connectivity index (χ2v) is 9.82. The highest BCUT2D eigenvalue weighted by molar-refractivity contribution is 7.99. The van der Waals surface area contributed by atoms with E-state index in [1.165, 1.54) is 22.8 Å². The Balaban J connectivity index is 1.29. The van der Waals surface area contributed by atoms with Crippen LogP contribution >= 0.6 is 23.1 Å². The molecule has 4 aromatic rings. The lowest BCUT2D eigenvalue weighted by molar-refractivity contribution is -0.387. The van der Waals surface area contributed by atoms with Gasteiger partial charge in [-0.05, 0) is 71.6 Å². The molecule has 3 heterocycles. The van der Waals surface area contributed by atoms with Crippen LogP contribution in [0, 0.1) is 10.1 Å². The molecule has 1 N–H and O–H groups in total. The molecule has 0 saturated carbocycles. The van der Waals surface area contributed by atoms with Gasteiger partial charge in [0, 0.05) is 48.0 Å². The van der Waals surface area contributed by atoms with E-state index in [1.54, 1.807) is 23.7 Å². The van der Waals surface area contributed by atoms with Crippen LogP contribution in [0.4, 0.5) is 17.1 Å². The molecule has 0 aliphatic carbocycles. The number of hydrogen-bond donors (Lipinski definition) is 1. The number of aryl methyl sites for hydroxylation is 1. The quantitative estimate of drug-likeness (QED) is 0.306. The maximum atomic E-state index is 12.8. The van der Waals surface area contributed by atoms with Crippen LogP contribution in [0.3, 0.4) is 0 Å². The molecule has 11 heteroatoms. The molecule has 0 fully saturated rings. The average molecular weight is 493 g/mol. The third-order valence-electron chi connectivity index (χ3n) is 5.59.